The van der Waals surface area contributed by atoms with E-state index in [2.05, 4.69) is 0 Å². The van der Waals surface area contributed by atoms with Crippen molar-refractivity contribution in [2.24, 2.45) is 0 Å². The van der Waals surface area contributed by atoms with Crippen LogP contribution in [0.15, 0.2) is 0 Å². The fraction of sp³-hybridized carbons (Fsp3) is 0. The van der Waals surface area contributed by atoms with Gasteiger partial charge in [0.25, 0.3) is 0 Å². The summed E-state index contributed by atoms with van der Waals surface area (Å²) >= 11 is 0. The molecule has 6 heavy (non-hydrogen) atoms. The fourth-order valence-electron chi connectivity index (χ4n) is 0. The van der Waals surface area contributed by atoms with Gasteiger partial charge < -0.3 is 16.4 Å². The first kappa shape index (κ1) is 17.0. The van der Waals surface area contributed by atoms with Crippen LogP contribution in [0.5, 0.6) is 0 Å². The van der Waals surface area contributed by atoms with Crippen LogP contribution in [0.2, 0.25) is 0 Å². The third-order valence-corrected chi connectivity index (χ3v) is 0. The summed E-state index contributed by atoms with van der Waals surface area (Å²) in [5.41, 5.74) is 0. The Bertz CT molecular complexity index is 33.8. The van der Waals surface area contributed by atoms with Crippen molar-refractivity contribution in [3.05, 3.63) is 0 Å². The first-order valence-electron chi connectivity index (χ1n) is 0.651. The number of hydrogen-bond donors (Lipinski definition) is 3. The second-order valence-corrected chi connectivity index (χ2v) is 0.283. The van der Waals surface area contributed by atoms with Gasteiger partial charge in [0.05, 0.1) is 0 Å². The Morgan fingerprint density at radius 1 is 1.33 bits per heavy atom. The molecule has 34 valence electrons. The van der Waals surface area contributed by atoms with Gasteiger partial charge in [-0.3, -0.25) is 0 Å². The molecule has 5 N–H and O–H groups in total. The van der Waals surface area contributed by atoms with Crippen molar-refractivity contribution in [3.8, 4) is 0 Å². The molecule has 0 aliphatic rings. The van der Waals surface area contributed by atoms with E-state index in [0.717, 1.165) is 0 Å². The number of carbonyl (C=O) groups is 1. The van der Waals surface area contributed by atoms with E-state index in [4.69, 9.17) is 15.0 Å². The van der Waals surface area contributed by atoms with Crippen LogP contribution in [0.25, 0.3) is 0 Å². The van der Waals surface area contributed by atoms with E-state index in [1.165, 1.54) is 0 Å². The molecule has 0 unspecified atom stereocenters. The van der Waals surface area contributed by atoms with Gasteiger partial charge in [0, 0.05) is 0 Å². The van der Waals surface area contributed by atoms with E-state index in [1.807, 2.05) is 0 Å². The second kappa shape index (κ2) is 8.85. The molecule has 0 atom stereocenters. The molecule has 0 saturated heterocycles. The van der Waals surface area contributed by atoms with Crippen molar-refractivity contribution >= 4 is 25.0 Å². The molecule has 0 aliphatic carbocycles. The zero-order valence-corrected chi connectivity index (χ0v) is 2.51. The molecular formula is CH6LiNO3. The maximum atomic E-state index is 8.56. The van der Waals surface area contributed by atoms with Crippen molar-refractivity contribution in [2.45, 2.75) is 0 Å². The van der Waals surface area contributed by atoms with E-state index in [0.29, 0.717) is 0 Å². The van der Waals surface area contributed by atoms with Crippen molar-refractivity contribution in [1.82, 2.24) is 6.15 Å². The summed E-state index contributed by atoms with van der Waals surface area (Å²) in [6, 6.07) is 0. The van der Waals surface area contributed by atoms with E-state index in [9.17, 15) is 0 Å². The van der Waals surface area contributed by atoms with Crippen LogP contribution < -0.4 is 6.15 Å². The molecule has 0 bridgehead atoms. The van der Waals surface area contributed by atoms with E-state index >= 15 is 0 Å². The Labute approximate surface area is 46.9 Å². The summed E-state index contributed by atoms with van der Waals surface area (Å²) in [7, 11) is 0. The summed E-state index contributed by atoms with van der Waals surface area (Å²) < 4.78 is 0. The summed E-state index contributed by atoms with van der Waals surface area (Å²) in [6.45, 7) is 0. The minimum absolute atomic E-state index is 0. The summed E-state index contributed by atoms with van der Waals surface area (Å²) in [5.74, 6) is 0. The fourth-order valence-corrected chi connectivity index (χ4v) is 0. The Morgan fingerprint density at radius 3 is 1.33 bits per heavy atom. The van der Waals surface area contributed by atoms with Gasteiger partial charge in [-0.05, 0) is 0 Å². The number of rotatable bonds is 0. The van der Waals surface area contributed by atoms with Gasteiger partial charge in [0.2, 0.25) is 0 Å². The molecule has 0 aromatic rings. The first-order valence-corrected chi connectivity index (χ1v) is 0.651. The van der Waals surface area contributed by atoms with Crippen LogP contribution in [0.4, 0.5) is 4.79 Å². The predicted molar refractivity (Wildman–Crippen MR) is 22.8 cm³/mol. The maximum absolute atomic E-state index is 8.56. The zero-order valence-electron chi connectivity index (χ0n) is 2.51. The topological polar surface area (TPSA) is 92.5 Å². The molecular weight excluding hydrogens is 81.0 g/mol. The molecule has 0 spiro atoms. The number of carboxylic acid groups (broad SMARTS) is 2. The first-order chi connectivity index (χ1) is 1.73. The minimum atomic E-state index is -1.83. The molecule has 0 heterocycles. The molecule has 0 amide bonds. The Balaban J connectivity index is -0.0000000450. The van der Waals surface area contributed by atoms with Gasteiger partial charge in [0.15, 0.2) is 0 Å². The Kier molecular flexibility index (Phi) is 25.0. The van der Waals surface area contributed by atoms with E-state index in [-0.39, 0.29) is 25.0 Å². The molecule has 0 fully saturated rings. The third kappa shape index (κ3) is 1030. The van der Waals surface area contributed by atoms with Gasteiger partial charge in [0.1, 0.15) is 0 Å². The standard InChI is InChI=1S/CH2O3.Li.H3N.H/c2-1(3)4;;;/h(H2,2,3,4);;1H3;. The van der Waals surface area contributed by atoms with Crippen LogP contribution in [-0.2, 0) is 0 Å². The average molecular weight is 87.0 g/mol. The van der Waals surface area contributed by atoms with Crippen molar-refractivity contribution in [3.63, 3.8) is 0 Å². The second-order valence-electron chi connectivity index (χ2n) is 0.283. The normalized spacial score (nSPS) is 4.00. The Morgan fingerprint density at radius 2 is 1.33 bits per heavy atom. The predicted octanol–water partition coefficient (Wildman–Crippen LogP) is -0.264. The number of hydrogen-bond acceptors (Lipinski definition) is 2. The van der Waals surface area contributed by atoms with E-state index in [1.54, 1.807) is 0 Å². The zero-order chi connectivity index (χ0) is 3.58. The Hall–Kier alpha value is -0.173. The molecule has 4 nitrogen and oxygen atoms in total. The SMILES string of the molecule is N.O=C(O)O.[LiH]. The molecule has 0 rings (SSSR count). The monoisotopic (exact) mass is 87.1 g/mol. The average Bonchev–Trinajstić information content (AvgIpc) is 0.811. The molecule has 0 radical (unpaired) electrons. The van der Waals surface area contributed by atoms with Gasteiger partial charge in [-0.2, -0.15) is 0 Å². The molecule has 0 saturated carbocycles. The van der Waals surface area contributed by atoms with Crippen molar-refractivity contribution in [2.75, 3.05) is 0 Å². The summed E-state index contributed by atoms with van der Waals surface area (Å²) in [4.78, 5) is 8.56. The van der Waals surface area contributed by atoms with Crippen molar-refractivity contribution < 1.29 is 15.0 Å². The van der Waals surface area contributed by atoms with Gasteiger partial charge in [-0.15, -0.1) is 0 Å². The quantitative estimate of drug-likeness (QED) is 0.355. The molecule has 0 aliphatic heterocycles. The van der Waals surface area contributed by atoms with Gasteiger partial charge in [-0.25, -0.2) is 4.79 Å². The molecule has 0 aromatic heterocycles. The summed E-state index contributed by atoms with van der Waals surface area (Å²) in [5, 5.41) is 13.9. The van der Waals surface area contributed by atoms with Crippen LogP contribution in [0.1, 0.15) is 0 Å². The van der Waals surface area contributed by atoms with Crippen LogP contribution in [0, 0.1) is 0 Å². The van der Waals surface area contributed by atoms with Gasteiger partial charge >= 0.3 is 25.0 Å². The third-order valence-electron chi connectivity index (χ3n) is 0. The van der Waals surface area contributed by atoms with Crippen LogP contribution in [0.3, 0.4) is 0 Å². The van der Waals surface area contributed by atoms with E-state index < -0.39 is 6.16 Å². The summed E-state index contributed by atoms with van der Waals surface area (Å²) in [6.07, 6.45) is -1.83. The van der Waals surface area contributed by atoms with Crippen molar-refractivity contribution in [1.29, 1.82) is 0 Å². The molecule has 0 aromatic carbocycles. The van der Waals surface area contributed by atoms with Crippen LogP contribution >= 0.6 is 0 Å². The van der Waals surface area contributed by atoms with Crippen LogP contribution in [-0.4, -0.2) is 35.2 Å². The van der Waals surface area contributed by atoms with Gasteiger partial charge in [-0.1, -0.05) is 0 Å². The molecule has 5 heteroatoms.